The maximum atomic E-state index is 11.4. The Balaban J connectivity index is 1.64. The van der Waals surface area contributed by atoms with E-state index in [1.807, 2.05) is 30.3 Å². The summed E-state index contributed by atoms with van der Waals surface area (Å²) in [4.78, 5) is 22.4. The van der Waals surface area contributed by atoms with E-state index in [0.29, 0.717) is 6.61 Å². The van der Waals surface area contributed by atoms with Crippen molar-refractivity contribution < 1.29 is 28.5 Å². The number of hydrogen-bond donors (Lipinski definition) is 1. The quantitative estimate of drug-likeness (QED) is 0.610. The van der Waals surface area contributed by atoms with Crippen LogP contribution in [0.4, 0.5) is 0 Å². The lowest BCUT2D eigenvalue weighted by molar-refractivity contribution is -0.214. The molecule has 130 valence electrons. The third-order valence-electron chi connectivity index (χ3n) is 3.96. The Kier molecular flexibility index (Phi) is 5.13. The van der Waals surface area contributed by atoms with Gasteiger partial charge < -0.3 is 24.3 Å². The summed E-state index contributed by atoms with van der Waals surface area (Å²) >= 11 is 0. The van der Waals surface area contributed by atoms with E-state index in [0.717, 1.165) is 5.56 Å². The van der Waals surface area contributed by atoms with Crippen LogP contribution in [0.5, 0.6) is 0 Å². The first-order valence-corrected chi connectivity index (χ1v) is 7.91. The minimum absolute atomic E-state index is 0.106. The highest BCUT2D eigenvalue weighted by Crippen LogP contribution is 2.38. The van der Waals surface area contributed by atoms with Crippen LogP contribution in [-0.4, -0.2) is 49.1 Å². The number of benzene rings is 1. The molecule has 3 rings (SSSR count). The first kappa shape index (κ1) is 16.9. The topological polar surface area (TPSA) is 86.4 Å². The minimum Gasteiger partial charge on any atom is -0.463 e. The van der Waals surface area contributed by atoms with Crippen molar-refractivity contribution in [2.45, 2.75) is 51.1 Å². The van der Waals surface area contributed by atoms with Crippen molar-refractivity contribution in [3.05, 3.63) is 35.9 Å². The van der Waals surface area contributed by atoms with Crippen LogP contribution >= 0.6 is 0 Å². The number of amides is 1. The molecule has 1 aromatic rings. The largest absolute Gasteiger partial charge is 0.463 e. The molecule has 7 nitrogen and oxygen atoms in total. The Morgan fingerprint density at radius 1 is 1.12 bits per heavy atom. The van der Waals surface area contributed by atoms with E-state index in [4.69, 9.17) is 18.9 Å². The number of hydrogen-bond acceptors (Lipinski definition) is 6. The molecule has 5 atom stereocenters. The Hall–Kier alpha value is -1.96. The van der Waals surface area contributed by atoms with E-state index in [1.165, 1.54) is 13.8 Å². The fourth-order valence-corrected chi connectivity index (χ4v) is 2.83. The van der Waals surface area contributed by atoms with Gasteiger partial charge in [0.05, 0.1) is 6.61 Å². The van der Waals surface area contributed by atoms with Crippen molar-refractivity contribution in [2.24, 2.45) is 0 Å². The molecule has 0 saturated carbocycles. The number of carbonyl (C=O) groups is 2. The standard InChI is InChI=1S/C17H21NO6/c1-10(19)18-14-16-15(24-16)13(9-21-11(2)20)23-17(14)22-8-12-6-4-3-5-7-12/h3-7,13-17H,8-9H2,1-2H3,(H,18,19)/t13-,14+,15+,16-,17-/m1/s1. The average molecular weight is 335 g/mol. The third kappa shape index (κ3) is 4.11. The van der Waals surface area contributed by atoms with Crippen LogP contribution in [0.15, 0.2) is 30.3 Å². The Bertz CT molecular complexity index is 592. The van der Waals surface area contributed by atoms with E-state index < -0.39 is 12.4 Å². The van der Waals surface area contributed by atoms with Crippen LogP contribution in [0.3, 0.4) is 0 Å². The van der Waals surface area contributed by atoms with Crippen LogP contribution < -0.4 is 5.32 Å². The molecule has 0 aromatic heterocycles. The van der Waals surface area contributed by atoms with Crippen molar-refractivity contribution in [3.63, 3.8) is 0 Å². The fraction of sp³-hybridized carbons (Fsp3) is 0.529. The monoisotopic (exact) mass is 335 g/mol. The molecule has 1 aromatic carbocycles. The zero-order valence-corrected chi connectivity index (χ0v) is 13.6. The zero-order valence-electron chi connectivity index (χ0n) is 13.6. The molecule has 2 aliphatic rings. The molecule has 0 aliphatic carbocycles. The van der Waals surface area contributed by atoms with Crippen LogP contribution in [0, 0.1) is 0 Å². The second kappa shape index (κ2) is 7.29. The van der Waals surface area contributed by atoms with Crippen molar-refractivity contribution in [1.82, 2.24) is 5.32 Å². The Morgan fingerprint density at radius 3 is 2.54 bits per heavy atom. The molecule has 2 fully saturated rings. The lowest BCUT2D eigenvalue weighted by Crippen LogP contribution is -2.55. The highest BCUT2D eigenvalue weighted by Gasteiger charge is 2.58. The number of nitrogens with one attached hydrogen (secondary N) is 1. The summed E-state index contributed by atoms with van der Waals surface area (Å²) < 4.78 is 22.4. The van der Waals surface area contributed by atoms with E-state index in [2.05, 4.69) is 5.32 Å². The van der Waals surface area contributed by atoms with Gasteiger partial charge in [0.15, 0.2) is 6.29 Å². The number of epoxide rings is 1. The van der Waals surface area contributed by atoms with Gasteiger partial charge >= 0.3 is 5.97 Å². The number of carbonyl (C=O) groups excluding carboxylic acids is 2. The molecule has 24 heavy (non-hydrogen) atoms. The molecular weight excluding hydrogens is 314 g/mol. The van der Waals surface area contributed by atoms with Crippen LogP contribution in [0.25, 0.3) is 0 Å². The van der Waals surface area contributed by atoms with Gasteiger partial charge in [0.2, 0.25) is 5.91 Å². The summed E-state index contributed by atoms with van der Waals surface area (Å²) in [5, 5.41) is 2.82. The van der Waals surface area contributed by atoms with Gasteiger partial charge in [0.25, 0.3) is 0 Å². The van der Waals surface area contributed by atoms with Gasteiger partial charge in [-0.05, 0) is 5.56 Å². The molecule has 7 heteroatoms. The van der Waals surface area contributed by atoms with Crippen molar-refractivity contribution in [3.8, 4) is 0 Å². The molecular formula is C17H21NO6. The second-order valence-corrected chi connectivity index (χ2v) is 5.93. The van der Waals surface area contributed by atoms with Crippen molar-refractivity contribution in [1.29, 1.82) is 0 Å². The maximum absolute atomic E-state index is 11.4. The van der Waals surface area contributed by atoms with Gasteiger partial charge in [-0.3, -0.25) is 9.59 Å². The third-order valence-corrected chi connectivity index (χ3v) is 3.96. The molecule has 1 amide bonds. The minimum atomic E-state index is -0.668. The van der Waals surface area contributed by atoms with Gasteiger partial charge in [-0.2, -0.15) is 0 Å². The average Bonchev–Trinajstić information content (AvgIpc) is 3.34. The van der Waals surface area contributed by atoms with Gasteiger partial charge in [-0.15, -0.1) is 0 Å². The fourth-order valence-electron chi connectivity index (χ4n) is 2.83. The molecule has 0 spiro atoms. The molecule has 0 unspecified atom stereocenters. The summed E-state index contributed by atoms with van der Waals surface area (Å²) in [7, 11) is 0. The van der Waals surface area contributed by atoms with Crippen molar-refractivity contribution in [2.75, 3.05) is 6.61 Å². The molecule has 1 N–H and O–H groups in total. The smallest absolute Gasteiger partial charge is 0.302 e. The predicted octanol–water partition coefficient (Wildman–Crippen LogP) is 0.763. The predicted molar refractivity (Wildman–Crippen MR) is 82.8 cm³/mol. The SMILES string of the molecule is CC(=O)N[C@@H]1[C@H](OCc2ccccc2)O[C@H](COC(C)=O)[C@@H]2O[C@H]12. The summed E-state index contributed by atoms with van der Waals surface area (Å²) in [5.74, 6) is -0.550. The first-order valence-electron chi connectivity index (χ1n) is 7.91. The summed E-state index contributed by atoms with van der Waals surface area (Å²) in [6.07, 6.45) is -1.45. The van der Waals surface area contributed by atoms with Crippen LogP contribution in [-0.2, 0) is 35.1 Å². The number of fused-ring (bicyclic) bond motifs is 1. The summed E-state index contributed by atoms with van der Waals surface area (Å²) in [6, 6.07) is 9.29. The highest BCUT2D eigenvalue weighted by atomic mass is 16.7. The lowest BCUT2D eigenvalue weighted by Gasteiger charge is -2.33. The zero-order chi connectivity index (χ0) is 17.1. The molecule has 2 saturated heterocycles. The van der Waals surface area contributed by atoms with Crippen molar-refractivity contribution >= 4 is 11.9 Å². The van der Waals surface area contributed by atoms with E-state index in [9.17, 15) is 9.59 Å². The number of ether oxygens (including phenoxy) is 4. The van der Waals surface area contributed by atoms with Crippen LogP contribution in [0.1, 0.15) is 19.4 Å². The number of rotatable bonds is 6. The second-order valence-electron chi connectivity index (χ2n) is 5.93. The lowest BCUT2D eigenvalue weighted by atomic mass is 10.0. The Labute approximate surface area is 140 Å². The Morgan fingerprint density at radius 2 is 1.88 bits per heavy atom. The normalized spacial score (nSPS) is 31.0. The van der Waals surface area contributed by atoms with Gasteiger partial charge in [-0.1, -0.05) is 30.3 Å². The summed E-state index contributed by atoms with van der Waals surface area (Å²) in [5.41, 5.74) is 0.998. The number of esters is 1. The highest BCUT2D eigenvalue weighted by molar-refractivity contribution is 5.73. The first-order chi connectivity index (χ1) is 11.5. The van der Waals surface area contributed by atoms with Gasteiger partial charge in [0.1, 0.15) is 31.0 Å². The molecule has 0 radical (unpaired) electrons. The molecule has 2 aliphatic heterocycles. The van der Waals surface area contributed by atoms with E-state index in [-0.39, 0.29) is 36.7 Å². The van der Waals surface area contributed by atoms with Crippen LogP contribution in [0.2, 0.25) is 0 Å². The summed E-state index contributed by atoms with van der Waals surface area (Å²) in [6.45, 7) is 3.24. The maximum Gasteiger partial charge on any atom is 0.302 e. The van der Waals surface area contributed by atoms with E-state index >= 15 is 0 Å². The molecule has 0 bridgehead atoms. The van der Waals surface area contributed by atoms with E-state index in [1.54, 1.807) is 0 Å². The molecule has 2 heterocycles. The van der Waals surface area contributed by atoms with Gasteiger partial charge in [-0.25, -0.2) is 0 Å². The van der Waals surface area contributed by atoms with Gasteiger partial charge in [0, 0.05) is 13.8 Å².